The molecule has 0 aromatic heterocycles. The molecular weight excluding hydrogens is 224 g/mol. The van der Waals surface area contributed by atoms with Gasteiger partial charge in [-0.05, 0) is 6.07 Å². The van der Waals surface area contributed by atoms with E-state index in [4.69, 9.17) is 9.47 Å². The van der Waals surface area contributed by atoms with Gasteiger partial charge in [0.2, 0.25) is 5.78 Å². The number of rotatable bonds is 2. The van der Waals surface area contributed by atoms with Crippen LogP contribution in [0.15, 0.2) is 24.0 Å². The molecule has 1 aromatic carbocycles. The summed E-state index contributed by atoms with van der Waals surface area (Å²) in [5.41, 5.74) is 0.0720. The van der Waals surface area contributed by atoms with E-state index in [2.05, 4.69) is 0 Å². The third kappa shape index (κ3) is 1.65. The fourth-order valence-corrected chi connectivity index (χ4v) is 1.69. The number of Topliss-reactive ketones (excluding diaryl/α,β-unsaturated/α-hetero) is 1. The molecule has 2 rings (SSSR count). The zero-order valence-electron chi connectivity index (χ0n) is 9.31. The highest BCUT2D eigenvalue weighted by molar-refractivity contribution is 6.25. The predicted octanol–water partition coefficient (Wildman–Crippen LogP) is 1.31. The summed E-state index contributed by atoms with van der Waals surface area (Å²) in [5.74, 6) is -0.965. The first-order valence-electron chi connectivity index (χ1n) is 4.84. The summed E-state index contributed by atoms with van der Waals surface area (Å²) < 4.78 is 9.71. The van der Waals surface area contributed by atoms with Crippen LogP contribution >= 0.6 is 0 Å². The Bertz CT molecular complexity index is 542. The summed E-state index contributed by atoms with van der Waals surface area (Å²) >= 11 is 0. The molecule has 0 spiro atoms. The van der Waals surface area contributed by atoms with Crippen molar-refractivity contribution in [1.29, 1.82) is 0 Å². The Balaban J connectivity index is 2.67. The Morgan fingerprint density at radius 2 is 1.82 bits per heavy atom. The van der Waals surface area contributed by atoms with Gasteiger partial charge in [-0.1, -0.05) is 0 Å². The number of phenols is 1. The van der Waals surface area contributed by atoms with Crippen molar-refractivity contribution in [3.8, 4) is 11.5 Å². The van der Waals surface area contributed by atoms with Crippen molar-refractivity contribution in [2.24, 2.45) is 0 Å². The largest absolute Gasteiger partial charge is 0.507 e. The van der Waals surface area contributed by atoms with Gasteiger partial charge in [-0.3, -0.25) is 9.59 Å². The van der Waals surface area contributed by atoms with Crippen molar-refractivity contribution in [3.05, 3.63) is 35.1 Å². The highest BCUT2D eigenvalue weighted by atomic mass is 16.5. The van der Waals surface area contributed by atoms with Crippen molar-refractivity contribution in [2.45, 2.75) is 0 Å². The minimum absolute atomic E-state index is 0.0462. The first-order chi connectivity index (χ1) is 8.08. The molecule has 0 unspecified atom stereocenters. The van der Waals surface area contributed by atoms with E-state index < -0.39 is 11.6 Å². The number of fused-ring (bicyclic) bond motifs is 1. The Hall–Kier alpha value is -2.30. The molecule has 1 aliphatic rings. The molecular formula is C12H10O5. The normalized spacial score (nSPS) is 14.1. The molecule has 0 saturated carbocycles. The molecule has 5 heteroatoms. The fraction of sp³-hybridized carbons (Fsp3) is 0.167. The summed E-state index contributed by atoms with van der Waals surface area (Å²) in [6.45, 7) is 0. The van der Waals surface area contributed by atoms with Crippen molar-refractivity contribution in [1.82, 2.24) is 0 Å². The molecule has 5 nitrogen and oxygen atoms in total. The van der Waals surface area contributed by atoms with Crippen molar-refractivity contribution >= 4 is 11.6 Å². The first kappa shape index (κ1) is 11.2. The second-order valence-electron chi connectivity index (χ2n) is 3.48. The number of aromatic hydroxyl groups is 1. The molecule has 88 valence electrons. The summed E-state index contributed by atoms with van der Waals surface area (Å²) in [5, 5.41) is 9.73. The number of benzene rings is 1. The minimum atomic E-state index is -0.512. The topological polar surface area (TPSA) is 72.8 Å². The monoisotopic (exact) mass is 234 g/mol. The molecule has 1 N–H and O–H groups in total. The second kappa shape index (κ2) is 3.93. The number of hydrogen-bond acceptors (Lipinski definition) is 5. The van der Waals surface area contributed by atoms with E-state index >= 15 is 0 Å². The average molecular weight is 234 g/mol. The molecule has 0 saturated heterocycles. The van der Waals surface area contributed by atoms with Crippen LogP contribution in [-0.4, -0.2) is 30.9 Å². The van der Waals surface area contributed by atoms with Gasteiger partial charge in [0.1, 0.15) is 11.5 Å². The summed E-state index contributed by atoms with van der Waals surface area (Å²) in [7, 11) is 2.70. The van der Waals surface area contributed by atoms with Crippen LogP contribution in [0.5, 0.6) is 11.5 Å². The van der Waals surface area contributed by atoms with Gasteiger partial charge >= 0.3 is 0 Å². The van der Waals surface area contributed by atoms with Crippen LogP contribution in [0.25, 0.3) is 0 Å². The molecule has 0 heterocycles. The molecule has 1 aromatic rings. The lowest BCUT2D eigenvalue weighted by atomic mass is 9.92. The predicted molar refractivity (Wildman–Crippen MR) is 58.4 cm³/mol. The van der Waals surface area contributed by atoms with E-state index in [0.717, 1.165) is 6.08 Å². The van der Waals surface area contributed by atoms with E-state index in [-0.39, 0.29) is 22.6 Å². The van der Waals surface area contributed by atoms with E-state index in [0.29, 0.717) is 5.75 Å². The number of ketones is 2. The quantitative estimate of drug-likeness (QED) is 0.835. The van der Waals surface area contributed by atoms with Crippen LogP contribution in [-0.2, 0) is 4.74 Å². The maximum atomic E-state index is 11.9. The smallest absolute Gasteiger partial charge is 0.232 e. The average Bonchev–Trinajstić information content (AvgIpc) is 2.32. The molecule has 17 heavy (non-hydrogen) atoms. The number of carbonyl (C=O) groups is 2. The van der Waals surface area contributed by atoms with Crippen LogP contribution in [0, 0.1) is 0 Å². The number of methoxy groups -OCH3 is 2. The lowest BCUT2D eigenvalue weighted by Gasteiger charge is -2.16. The van der Waals surface area contributed by atoms with Crippen LogP contribution < -0.4 is 4.74 Å². The fourth-order valence-electron chi connectivity index (χ4n) is 1.69. The lowest BCUT2D eigenvalue weighted by molar-refractivity contribution is 0.0913. The van der Waals surface area contributed by atoms with Crippen molar-refractivity contribution in [2.75, 3.05) is 14.2 Å². The number of phenolic OH excluding ortho intramolecular Hbond substituents is 1. The Kier molecular flexibility index (Phi) is 2.59. The van der Waals surface area contributed by atoms with Crippen LogP contribution in [0.3, 0.4) is 0 Å². The lowest BCUT2D eigenvalue weighted by Crippen LogP contribution is -2.18. The number of carbonyl (C=O) groups excluding carboxylic acids is 2. The number of hydrogen-bond donors (Lipinski definition) is 1. The van der Waals surface area contributed by atoms with Gasteiger partial charge in [0, 0.05) is 17.7 Å². The summed E-state index contributed by atoms with van der Waals surface area (Å²) in [6, 6.07) is 2.70. The van der Waals surface area contributed by atoms with Crippen LogP contribution in [0.1, 0.15) is 20.7 Å². The zero-order valence-corrected chi connectivity index (χ0v) is 9.31. The van der Waals surface area contributed by atoms with E-state index in [1.165, 1.54) is 26.4 Å². The van der Waals surface area contributed by atoms with E-state index in [1.54, 1.807) is 0 Å². The van der Waals surface area contributed by atoms with Gasteiger partial charge in [0.15, 0.2) is 11.5 Å². The van der Waals surface area contributed by atoms with Crippen molar-refractivity contribution in [3.63, 3.8) is 0 Å². The first-order valence-corrected chi connectivity index (χ1v) is 4.84. The third-order valence-electron chi connectivity index (χ3n) is 2.53. The van der Waals surface area contributed by atoms with Gasteiger partial charge in [-0.25, -0.2) is 0 Å². The van der Waals surface area contributed by atoms with Gasteiger partial charge in [0.05, 0.1) is 19.8 Å². The van der Waals surface area contributed by atoms with Gasteiger partial charge in [-0.2, -0.15) is 0 Å². The summed E-state index contributed by atoms with van der Waals surface area (Å²) in [4.78, 5) is 23.6. The molecule has 0 amide bonds. The van der Waals surface area contributed by atoms with Gasteiger partial charge in [0.25, 0.3) is 0 Å². The molecule has 0 bridgehead atoms. The molecule has 0 aliphatic heterocycles. The number of ether oxygens (including phenoxy) is 2. The highest BCUT2D eigenvalue weighted by Gasteiger charge is 2.30. The maximum absolute atomic E-state index is 11.9. The Labute approximate surface area is 97.3 Å². The zero-order chi connectivity index (χ0) is 12.6. The third-order valence-corrected chi connectivity index (χ3v) is 2.53. The summed E-state index contributed by atoms with van der Waals surface area (Å²) in [6.07, 6.45) is 1.10. The Morgan fingerprint density at radius 3 is 2.41 bits per heavy atom. The molecule has 0 radical (unpaired) electrons. The van der Waals surface area contributed by atoms with Gasteiger partial charge < -0.3 is 14.6 Å². The van der Waals surface area contributed by atoms with Crippen LogP contribution in [0.4, 0.5) is 0 Å². The highest BCUT2D eigenvalue weighted by Crippen LogP contribution is 2.33. The standard InChI is InChI=1S/C12H10O5/c1-16-6-3-7-8(13)5-10(17-2)12(15)11(7)9(14)4-6/h3-5,14H,1-2H3. The SMILES string of the molecule is COC1=CC(=O)c2cc(OC)cc(O)c2C1=O. The van der Waals surface area contributed by atoms with Gasteiger partial charge in [-0.15, -0.1) is 0 Å². The molecule has 0 fully saturated rings. The maximum Gasteiger partial charge on any atom is 0.232 e. The molecule has 1 aliphatic carbocycles. The minimum Gasteiger partial charge on any atom is -0.507 e. The van der Waals surface area contributed by atoms with Crippen molar-refractivity contribution < 1.29 is 24.2 Å². The van der Waals surface area contributed by atoms with E-state index in [9.17, 15) is 14.7 Å². The molecule has 0 atom stereocenters. The Morgan fingerprint density at radius 1 is 1.12 bits per heavy atom. The van der Waals surface area contributed by atoms with E-state index in [1.807, 2.05) is 0 Å². The van der Waals surface area contributed by atoms with Crippen LogP contribution in [0.2, 0.25) is 0 Å². The number of allylic oxidation sites excluding steroid dienone is 2. The second-order valence-corrected chi connectivity index (χ2v) is 3.48.